The first-order chi connectivity index (χ1) is 9.99. The number of nitro groups is 1. The second kappa shape index (κ2) is 5.12. The van der Waals surface area contributed by atoms with Crippen LogP contribution < -0.4 is 5.73 Å². The number of hydrogen-bond donors (Lipinski definition) is 1. The van der Waals surface area contributed by atoms with Crippen molar-refractivity contribution in [3.8, 4) is 5.69 Å². The summed E-state index contributed by atoms with van der Waals surface area (Å²) in [4.78, 5) is 10.7. The average Bonchev–Trinajstić information content (AvgIpc) is 2.76. The number of nitrogens with zero attached hydrogens (tertiary/aromatic N) is 3. The molecule has 0 spiro atoms. The van der Waals surface area contributed by atoms with E-state index < -0.39 is 4.92 Å². The molecule has 2 aromatic rings. The number of fused-ring (bicyclic) bond motifs is 1. The number of rotatable bonds is 2. The normalized spacial score (nSPS) is 14.0. The van der Waals surface area contributed by atoms with Gasteiger partial charge in [0.25, 0.3) is 5.69 Å². The summed E-state index contributed by atoms with van der Waals surface area (Å²) in [6.07, 6.45) is 0.674. The number of halogens is 1. The third-order valence-electron chi connectivity index (χ3n) is 3.54. The fraction of sp³-hybridized carbons (Fsp3) is 0.308. The fourth-order valence-corrected chi connectivity index (χ4v) is 3.10. The van der Waals surface area contributed by atoms with Gasteiger partial charge in [-0.2, -0.15) is 5.10 Å². The van der Waals surface area contributed by atoms with Crippen LogP contribution in [0.4, 0.5) is 11.5 Å². The largest absolute Gasteiger partial charge is 0.382 e. The molecule has 0 atom stereocenters. The number of hydrogen-bond acceptors (Lipinski definition) is 5. The van der Waals surface area contributed by atoms with Crippen molar-refractivity contribution < 1.29 is 9.66 Å². The number of aromatic nitrogens is 2. The van der Waals surface area contributed by atoms with Crippen LogP contribution in [0, 0.1) is 17.0 Å². The topological polar surface area (TPSA) is 96.2 Å². The molecule has 3 rings (SSSR count). The Morgan fingerprint density at radius 1 is 1.52 bits per heavy atom. The molecule has 0 saturated heterocycles. The zero-order valence-corrected chi connectivity index (χ0v) is 12.9. The highest BCUT2D eigenvalue weighted by Crippen LogP contribution is 2.33. The van der Waals surface area contributed by atoms with Gasteiger partial charge in [0.2, 0.25) is 0 Å². The van der Waals surface area contributed by atoms with Crippen LogP contribution in [0.25, 0.3) is 5.69 Å². The molecule has 7 nitrogen and oxygen atoms in total. The quantitative estimate of drug-likeness (QED) is 0.661. The average molecular weight is 353 g/mol. The molecule has 0 unspecified atom stereocenters. The van der Waals surface area contributed by atoms with Crippen molar-refractivity contribution in [1.82, 2.24) is 9.78 Å². The standard InChI is InChI=1S/C13H13BrN4O3/c1-7-4-9(14)12(5-11(7)18(19)20)17-10-2-3-21-6-8(10)13(15)16-17/h4-5H,2-3,6H2,1H3,(H2,15,16). The summed E-state index contributed by atoms with van der Waals surface area (Å²) in [5, 5.41) is 15.4. The number of nitrogen functional groups attached to an aromatic ring is 1. The molecular weight excluding hydrogens is 340 g/mol. The Bertz CT molecular complexity index is 742. The smallest absolute Gasteiger partial charge is 0.274 e. The Labute approximate surface area is 129 Å². The van der Waals surface area contributed by atoms with E-state index in [4.69, 9.17) is 10.5 Å². The number of anilines is 1. The van der Waals surface area contributed by atoms with Gasteiger partial charge in [0.1, 0.15) is 0 Å². The number of nitrogens with two attached hydrogens (primary N) is 1. The summed E-state index contributed by atoms with van der Waals surface area (Å²) < 4.78 is 7.79. The van der Waals surface area contributed by atoms with E-state index in [9.17, 15) is 10.1 Å². The van der Waals surface area contributed by atoms with Crippen molar-refractivity contribution in [3.63, 3.8) is 0 Å². The molecule has 1 aromatic carbocycles. The van der Waals surface area contributed by atoms with E-state index in [1.165, 1.54) is 6.07 Å². The molecule has 0 radical (unpaired) electrons. The van der Waals surface area contributed by atoms with Crippen LogP contribution in [0.5, 0.6) is 0 Å². The first-order valence-electron chi connectivity index (χ1n) is 6.38. The molecule has 2 N–H and O–H groups in total. The maximum Gasteiger partial charge on any atom is 0.274 e. The highest BCUT2D eigenvalue weighted by Gasteiger charge is 2.23. The van der Waals surface area contributed by atoms with Crippen LogP contribution in [0.1, 0.15) is 16.8 Å². The molecule has 1 aliphatic rings. The van der Waals surface area contributed by atoms with E-state index in [1.54, 1.807) is 17.7 Å². The van der Waals surface area contributed by atoms with E-state index in [1.807, 2.05) is 0 Å². The van der Waals surface area contributed by atoms with Crippen LogP contribution in [0.15, 0.2) is 16.6 Å². The van der Waals surface area contributed by atoms with Gasteiger partial charge in [-0.3, -0.25) is 10.1 Å². The van der Waals surface area contributed by atoms with Crippen molar-refractivity contribution in [2.24, 2.45) is 0 Å². The SMILES string of the molecule is Cc1cc(Br)c(-n2nc(N)c3c2CCOC3)cc1[N+](=O)[O-]. The van der Waals surface area contributed by atoms with E-state index in [-0.39, 0.29) is 5.69 Å². The second-order valence-electron chi connectivity index (χ2n) is 4.87. The van der Waals surface area contributed by atoms with E-state index in [0.29, 0.717) is 36.7 Å². The van der Waals surface area contributed by atoms with Gasteiger partial charge in [-0.1, -0.05) is 0 Å². The van der Waals surface area contributed by atoms with Gasteiger partial charge >= 0.3 is 0 Å². The first-order valence-corrected chi connectivity index (χ1v) is 7.17. The minimum absolute atomic E-state index is 0.0584. The Morgan fingerprint density at radius 3 is 3.00 bits per heavy atom. The summed E-state index contributed by atoms with van der Waals surface area (Å²) in [7, 11) is 0. The zero-order valence-electron chi connectivity index (χ0n) is 11.3. The van der Waals surface area contributed by atoms with Crippen LogP contribution >= 0.6 is 15.9 Å². The van der Waals surface area contributed by atoms with Gasteiger partial charge in [-0.15, -0.1) is 0 Å². The molecule has 0 fully saturated rings. The molecule has 110 valence electrons. The summed E-state index contributed by atoms with van der Waals surface area (Å²) in [5.74, 6) is 0.403. The fourth-order valence-electron chi connectivity index (χ4n) is 2.47. The molecular formula is C13H13BrN4O3. The number of nitro benzene ring substituents is 1. The van der Waals surface area contributed by atoms with Gasteiger partial charge in [-0.05, 0) is 28.9 Å². The summed E-state index contributed by atoms with van der Waals surface area (Å²) in [5.41, 5.74) is 8.98. The molecule has 1 aliphatic heterocycles. The van der Waals surface area contributed by atoms with E-state index in [0.717, 1.165) is 15.7 Å². The lowest BCUT2D eigenvalue weighted by molar-refractivity contribution is -0.385. The van der Waals surface area contributed by atoms with E-state index >= 15 is 0 Å². The molecule has 1 aromatic heterocycles. The highest BCUT2D eigenvalue weighted by atomic mass is 79.9. The molecule has 21 heavy (non-hydrogen) atoms. The van der Waals surface area contributed by atoms with Crippen molar-refractivity contribution in [1.29, 1.82) is 0 Å². The van der Waals surface area contributed by atoms with Gasteiger partial charge in [0, 0.05) is 28.1 Å². The molecule has 2 heterocycles. The monoisotopic (exact) mass is 352 g/mol. The Balaban J connectivity index is 2.21. The molecule has 0 bridgehead atoms. The van der Waals surface area contributed by atoms with Crippen molar-refractivity contribution in [2.45, 2.75) is 20.0 Å². The predicted octanol–water partition coefficient (Wildman–Crippen LogP) is 2.51. The lowest BCUT2D eigenvalue weighted by Gasteiger charge is -2.15. The Kier molecular flexibility index (Phi) is 3.42. The Morgan fingerprint density at radius 2 is 2.29 bits per heavy atom. The summed E-state index contributed by atoms with van der Waals surface area (Å²) in [6, 6.07) is 3.23. The molecule has 0 amide bonds. The van der Waals surface area contributed by atoms with Crippen LogP contribution in [0.3, 0.4) is 0 Å². The predicted molar refractivity (Wildman–Crippen MR) is 80.4 cm³/mol. The van der Waals surface area contributed by atoms with Crippen LogP contribution in [0.2, 0.25) is 0 Å². The summed E-state index contributed by atoms with van der Waals surface area (Å²) >= 11 is 3.45. The lowest BCUT2D eigenvalue weighted by Crippen LogP contribution is -2.13. The number of ether oxygens (including phenoxy) is 1. The van der Waals surface area contributed by atoms with Crippen molar-refractivity contribution in [2.75, 3.05) is 12.3 Å². The summed E-state index contributed by atoms with van der Waals surface area (Å²) in [6.45, 7) is 2.71. The second-order valence-corrected chi connectivity index (χ2v) is 5.73. The van der Waals surface area contributed by atoms with E-state index in [2.05, 4.69) is 21.0 Å². The minimum atomic E-state index is -0.395. The molecule has 0 saturated carbocycles. The third kappa shape index (κ3) is 2.30. The maximum absolute atomic E-state index is 11.1. The van der Waals surface area contributed by atoms with Gasteiger partial charge in [0.05, 0.1) is 29.5 Å². The zero-order chi connectivity index (χ0) is 15.1. The number of aryl methyl sites for hydroxylation is 1. The first kappa shape index (κ1) is 14.0. The minimum Gasteiger partial charge on any atom is -0.382 e. The van der Waals surface area contributed by atoms with Crippen LogP contribution in [-0.4, -0.2) is 21.3 Å². The number of benzene rings is 1. The molecule has 8 heteroatoms. The van der Waals surface area contributed by atoms with Crippen LogP contribution in [-0.2, 0) is 17.8 Å². The lowest BCUT2D eigenvalue weighted by atomic mass is 10.1. The van der Waals surface area contributed by atoms with Gasteiger partial charge in [0.15, 0.2) is 5.82 Å². The van der Waals surface area contributed by atoms with Gasteiger partial charge < -0.3 is 10.5 Å². The molecule has 0 aliphatic carbocycles. The van der Waals surface area contributed by atoms with Crippen molar-refractivity contribution >= 4 is 27.4 Å². The Hall–Kier alpha value is -1.93. The highest BCUT2D eigenvalue weighted by molar-refractivity contribution is 9.10. The maximum atomic E-state index is 11.1. The van der Waals surface area contributed by atoms with Gasteiger partial charge in [-0.25, -0.2) is 4.68 Å². The third-order valence-corrected chi connectivity index (χ3v) is 4.18. The van der Waals surface area contributed by atoms with Crippen molar-refractivity contribution in [3.05, 3.63) is 43.5 Å².